The average molecular weight is 370 g/mol. The molecule has 0 saturated carbocycles. The number of benzene rings is 1. The lowest BCUT2D eigenvalue weighted by molar-refractivity contribution is -0.119. The lowest BCUT2D eigenvalue weighted by atomic mass is 9.95. The molecule has 1 aliphatic heterocycles. The molecule has 114 valence electrons. The van der Waals surface area contributed by atoms with Gasteiger partial charge in [-0.1, -0.05) is 18.3 Å². The number of hydrogen-bond acceptors (Lipinski definition) is 3. The summed E-state index contributed by atoms with van der Waals surface area (Å²) in [7, 11) is 0. The normalized spacial score (nSPS) is 15.8. The van der Waals surface area contributed by atoms with Crippen molar-refractivity contribution in [1.29, 1.82) is 0 Å². The van der Waals surface area contributed by atoms with Gasteiger partial charge in [0.15, 0.2) is 0 Å². The van der Waals surface area contributed by atoms with Gasteiger partial charge in [-0.25, -0.2) is 0 Å². The van der Waals surface area contributed by atoms with E-state index in [4.69, 9.17) is 18.0 Å². The van der Waals surface area contributed by atoms with Crippen molar-refractivity contribution in [1.82, 2.24) is 5.32 Å². The molecule has 0 spiro atoms. The fourth-order valence-electron chi connectivity index (χ4n) is 2.69. The van der Waals surface area contributed by atoms with Crippen LogP contribution in [0.1, 0.15) is 25.3 Å². The Kier molecular flexibility index (Phi) is 5.58. The van der Waals surface area contributed by atoms with Crippen molar-refractivity contribution in [2.24, 2.45) is 11.7 Å². The first-order valence-corrected chi connectivity index (χ1v) is 8.27. The molecule has 1 aromatic carbocycles. The van der Waals surface area contributed by atoms with Crippen LogP contribution >= 0.6 is 28.1 Å². The van der Waals surface area contributed by atoms with Gasteiger partial charge in [0.1, 0.15) is 4.99 Å². The van der Waals surface area contributed by atoms with Gasteiger partial charge in [0.2, 0.25) is 5.91 Å². The molecule has 1 fully saturated rings. The maximum absolute atomic E-state index is 11.0. The van der Waals surface area contributed by atoms with E-state index < -0.39 is 0 Å². The van der Waals surface area contributed by atoms with Crippen LogP contribution in [0.3, 0.4) is 0 Å². The van der Waals surface area contributed by atoms with Crippen molar-refractivity contribution >= 4 is 44.7 Å². The van der Waals surface area contributed by atoms with Crippen molar-refractivity contribution in [2.45, 2.75) is 19.8 Å². The van der Waals surface area contributed by atoms with Gasteiger partial charge in [-0.15, -0.1) is 0 Å². The number of hydrogen-bond donors (Lipinski definition) is 2. The Morgan fingerprint density at radius 2 is 2.14 bits per heavy atom. The third kappa shape index (κ3) is 4.17. The third-order valence-corrected chi connectivity index (χ3v) is 4.70. The highest BCUT2D eigenvalue weighted by Gasteiger charge is 2.22. The predicted octanol–water partition coefficient (Wildman–Crippen LogP) is 2.44. The zero-order valence-corrected chi connectivity index (χ0v) is 14.5. The number of thiocarbonyl (C=S) groups is 1. The molecule has 21 heavy (non-hydrogen) atoms. The largest absolute Gasteiger partial charge is 0.389 e. The second kappa shape index (κ2) is 7.22. The zero-order chi connectivity index (χ0) is 15.4. The van der Waals surface area contributed by atoms with Crippen LogP contribution in [0.25, 0.3) is 0 Å². The van der Waals surface area contributed by atoms with E-state index in [2.05, 4.69) is 32.2 Å². The summed E-state index contributed by atoms with van der Waals surface area (Å²) in [6.07, 6.45) is 2.12. The number of nitrogens with one attached hydrogen (secondary N) is 1. The number of carbonyl (C=O) groups excluding carboxylic acids is 1. The van der Waals surface area contributed by atoms with E-state index in [1.807, 2.05) is 12.1 Å². The van der Waals surface area contributed by atoms with Gasteiger partial charge < -0.3 is 16.0 Å². The smallest absolute Gasteiger partial charge is 0.216 e. The summed E-state index contributed by atoms with van der Waals surface area (Å²) in [5.74, 6) is 0.589. The van der Waals surface area contributed by atoms with Gasteiger partial charge in [-0.05, 0) is 46.8 Å². The molecule has 1 aliphatic rings. The molecule has 1 heterocycles. The molecule has 1 saturated heterocycles. The van der Waals surface area contributed by atoms with Crippen molar-refractivity contribution in [3.05, 3.63) is 28.2 Å². The van der Waals surface area contributed by atoms with Crippen LogP contribution in [0.4, 0.5) is 5.69 Å². The second-order valence-electron chi connectivity index (χ2n) is 5.37. The summed E-state index contributed by atoms with van der Waals surface area (Å²) in [4.78, 5) is 13.7. The number of anilines is 1. The standard InChI is InChI=1S/C15H20BrN3OS/c1-10(20)18-9-11-5-7-19(8-6-11)13-4-2-3-12(16)14(13)15(17)21/h2-4,11H,5-9H2,1H3,(H2,17,21)(H,18,20). The Morgan fingerprint density at radius 1 is 1.48 bits per heavy atom. The Morgan fingerprint density at radius 3 is 2.71 bits per heavy atom. The minimum Gasteiger partial charge on any atom is -0.389 e. The fourth-order valence-corrected chi connectivity index (χ4v) is 3.60. The highest BCUT2D eigenvalue weighted by molar-refractivity contribution is 9.10. The van der Waals surface area contributed by atoms with Gasteiger partial charge >= 0.3 is 0 Å². The minimum absolute atomic E-state index is 0.0418. The number of piperidine rings is 1. The third-order valence-electron chi connectivity index (χ3n) is 3.83. The molecular formula is C15H20BrN3OS. The van der Waals surface area contributed by atoms with Crippen molar-refractivity contribution in [3.8, 4) is 0 Å². The maximum atomic E-state index is 11.0. The lowest BCUT2D eigenvalue weighted by Crippen LogP contribution is -2.39. The van der Waals surface area contributed by atoms with E-state index in [-0.39, 0.29) is 5.91 Å². The lowest BCUT2D eigenvalue weighted by Gasteiger charge is -2.35. The second-order valence-corrected chi connectivity index (χ2v) is 6.66. The van der Waals surface area contributed by atoms with Crippen LogP contribution < -0.4 is 16.0 Å². The van der Waals surface area contributed by atoms with Crippen LogP contribution in [0.2, 0.25) is 0 Å². The van der Waals surface area contributed by atoms with Crippen LogP contribution in [0.5, 0.6) is 0 Å². The average Bonchev–Trinajstić information content (AvgIpc) is 2.45. The van der Waals surface area contributed by atoms with Gasteiger partial charge in [0.25, 0.3) is 0 Å². The predicted molar refractivity (Wildman–Crippen MR) is 93.7 cm³/mol. The van der Waals surface area contributed by atoms with E-state index in [0.29, 0.717) is 10.9 Å². The number of halogens is 1. The van der Waals surface area contributed by atoms with E-state index in [0.717, 1.165) is 48.2 Å². The molecule has 1 aromatic rings. The Labute approximate surface area is 139 Å². The summed E-state index contributed by atoms with van der Waals surface area (Å²) in [5.41, 5.74) is 7.86. The minimum atomic E-state index is 0.0418. The van der Waals surface area contributed by atoms with Crippen molar-refractivity contribution in [3.63, 3.8) is 0 Å². The molecule has 6 heteroatoms. The molecule has 0 unspecified atom stereocenters. The molecule has 0 aliphatic carbocycles. The molecule has 3 N–H and O–H groups in total. The molecule has 0 radical (unpaired) electrons. The van der Waals surface area contributed by atoms with Crippen molar-refractivity contribution in [2.75, 3.05) is 24.5 Å². The molecule has 4 nitrogen and oxygen atoms in total. The summed E-state index contributed by atoms with van der Waals surface area (Å²) in [6, 6.07) is 6.03. The molecule has 2 rings (SSSR count). The van der Waals surface area contributed by atoms with Gasteiger partial charge in [0, 0.05) is 42.3 Å². The number of carbonyl (C=O) groups is 1. The Bertz CT molecular complexity index is 542. The van der Waals surface area contributed by atoms with E-state index in [1.165, 1.54) is 0 Å². The molecule has 0 aromatic heterocycles. The SMILES string of the molecule is CC(=O)NCC1CCN(c2cccc(Br)c2C(N)=S)CC1. The highest BCUT2D eigenvalue weighted by atomic mass is 79.9. The van der Waals surface area contributed by atoms with Crippen LogP contribution in [0, 0.1) is 5.92 Å². The van der Waals surface area contributed by atoms with Gasteiger partial charge in [-0.2, -0.15) is 0 Å². The first-order chi connectivity index (χ1) is 9.99. The number of rotatable bonds is 4. The van der Waals surface area contributed by atoms with E-state index >= 15 is 0 Å². The zero-order valence-electron chi connectivity index (χ0n) is 12.1. The van der Waals surface area contributed by atoms with Crippen LogP contribution in [-0.2, 0) is 4.79 Å². The molecular weight excluding hydrogens is 350 g/mol. The fraction of sp³-hybridized carbons (Fsp3) is 0.467. The van der Waals surface area contributed by atoms with E-state index in [1.54, 1.807) is 6.92 Å². The van der Waals surface area contributed by atoms with E-state index in [9.17, 15) is 4.79 Å². The number of nitrogens with two attached hydrogens (primary N) is 1. The maximum Gasteiger partial charge on any atom is 0.216 e. The Hall–Kier alpha value is -1.14. The van der Waals surface area contributed by atoms with Gasteiger partial charge in [0.05, 0.1) is 0 Å². The van der Waals surface area contributed by atoms with Crippen LogP contribution in [0.15, 0.2) is 22.7 Å². The summed E-state index contributed by atoms with van der Waals surface area (Å²) in [5, 5.41) is 2.90. The summed E-state index contributed by atoms with van der Waals surface area (Å²) in [6.45, 7) is 4.24. The van der Waals surface area contributed by atoms with Crippen molar-refractivity contribution < 1.29 is 4.79 Å². The Balaban J connectivity index is 2.04. The molecule has 0 atom stereocenters. The number of nitrogens with zero attached hydrogens (tertiary/aromatic N) is 1. The number of amides is 1. The molecule has 0 bridgehead atoms. The summed E-state index contributed by atoms with van der Waals surface area (Å²) < 4.78 is 0.938. The topological polar surface area (TPSA) is 58.4 Å². The summed E-state index contributed by atoms with van der Waals surface area (Å²) >= 11 is 8.70. The van der Waals surface area contributed by atoms with Gasteiger partial charge in [-0.3, -0.25) is 4.79 Å². The monoisotopic (exact) mass is 369 g/mol. The first kappa shape index (κ1) is 16.2. The molecule has 1 amide bonds. The quantitative estimate of drug-likeness (QED) is 0.800. The highest BCUT2D eigenvalue weighted by Crippen LogP contribution is 2.30. The van der Waals surface area contributed by atoms with Crippen LogP contribution in [-0.4, -0.2) is 30.5 Å². The first-order valence-electron chi connectivity index (χ1n) is 7.06.